The van der Waals surface area contributed by atoms with Crippen molar-refractivity contribution in [2.45, 2.75) is 20.4 Å². The number of nitrogens with zero attached hydrogens (tertiary/aromatic N) is 1. The normalized spacial score (nSPS) is 10.6. The Bertz CT molecular complexity index is 610. The van der Waals surface area contributed by atoms with Crippen molar-refractivity contribution < 1.29 is 14.7 Å². The predicted molar refractivity (Wildman–Crippen MR) is 69.6 cm³/mol. The van der Waals surface area contributed by atoms with Gasteiger partial charge in [0.2, 0.25) is 0 Å². The van der Waals surface area contributed by atoms with Gasteiger partial charge in [0.25, 0.3) is 0 Å². The lowest BCUT2D eigenvalue weighted by Crippen LogP contribution is -2.07. The molecular formula is C13H13NO3S. The zero-order chi connectivity index (χ0) is 13.3. The Morgan fingerprint density at radius 3 is 2.61 bits per heavy atom. The lowest BCUT2D eigenvalue weighted by atomic mass is 10.2. The average molecular weight is 263 g/mol. The molecule has 0 aliphatic carbocycles. The highest BCUT2D eigenvalue weighted by atomic mass is 32.1. The second-order valence-corrected chi connectivity index (χ2v) is 5.49. The molecule has 2 rings (SSSR count). The zero-order valence-corrected chi connectivity index (χ0v) is 11.0. The number of hydrogen-bond donors (Lipinski definition) is 1. The monoisotopic (exact) mass is 263 g/mol. The van der Waals surface area contributed by atoms with Crippen LogP contribution in [0.5, 0.6) is 0 Å². The number of carboxylic acids is 1. The molecular weight excluding hydrogens is 250 g/mol. The van der Waals surface area contributed by atoms with Gasteiger partial charge in [-0.05, 0) is 32.0 Å². The van der Waals surface area contributed by atoms with Crippen molar-refractivity contribution in [3.05, 3.63) is 45.4 Å². The third-order valence-electron chi connectivity index (χ3n) is 2.64. The van der Waals surface area contributed by atoms with E-state index in [1.807, 2.05) is 19.1 Å². The van der Waals surface area contributed by atoms with Crippen LogP contribution < -0.4 is 0 Å². The molecule has 4 nitrogen and oxygen atoms in total. The smallest absolute Gasteiger partial charge is 0.352 e. The Labute approximate surface area is 108 Å². The van der Waals surface area contributed by atoms with E-state index in [1.165, 1.54) is 17.9 Å². The van der Waals surface area contributed by atoms with E-state index in [2.05, 4.69) is 0 Å². The summed E-state index contributed by atoms with van der Waals surface area (Å²) in [4.78, 5) is 24.7. The molecule has 0 amide bonds. The Morgan fingerprint density at radius 2 is 2.11 bits per heavy atom. The van der Waals surface area contributed by atoms with Gasteiger partial charge in [0.1, 0.15) is 5.69 Å². The van der Waals surface area contributed by atoms with Gasteiger partial charge in [-0.1, -0.05) is 0 Å². The topological polar surface area (TPSA) is 59.3 Å². The van der Waals surface area contributed by atoms with Crippen molar-refractivity contribution in [3.63, 3.8) is 0 Å². The van der Waals surface area contributed by atoms with Crippen molar-refractivity contribution in [2.75, 3.05) is 0 Å². The first-order chi connectivity index (χ1) is 8.47. The number of thiophene rings is 1. The molecule has 0 fully saturated rings. The molecule has 1 N–H and O–H groups in total. The van der Waals surface area contributed by atoms with E-state index in [-0.39, 0.29) is 11.5 Å². The van der Waals surface area contributed by atoms with E-state index in [9.17, 15) is 9.59 Å². The second-order valence-electron chi connectivity index (χ2n) is 4.12. The molecule has 5 heteroatoms. The minimum Gasteiger partial charge on any atom is -0.477 e. The molecule has 0 saturated heterocycles. The molecule has 0 unspecified atom stereocenters. The molecule has 0 aliphatic heterocycles. The molecule has 2 aromatic rings. The van der Waals surface area contributed by atoms with Crippen LogP contribution in [0.3, 0.4) is 0 Å². The van der Waals surface area contributed by atoms with Crippen LogP contribution in [0.1, 0.15) is 37.5 Å². The molecule has 0 radical (unpaired) electrons. The molecule has 0 spiro atoms. The summed E-state index contributed by atoms with van der Waals surface area (Å²) in [5.41, 5.74) is 0.576. The van der Waals surface area contributed by atoms with E-state index >= 15 is 0 Å². The molecule has 0 aromatic carbocycles. The summed E-state index contributed by atoms with van der Waals surface area (Å²) in [5.74, 6) is -1.14. The Kier molecular flexibility index (Phi) is 3.34. The molecule has 2 aromatic heterocycles. The maximum Gasteiger partial charge on any atom is 0.352 e. The summed E-state index contributed by atoms with van der Waals surface area (Å²) >= 11 is 1.62. The van der Waals surface area contributed by atoms with Crippen molar-refractivity contribution in [2.24, 2.45) is 0 Å². The Hall–Kier alpha value is -1.88. The highest BCUT2D eigenvalue weighted by Gasteiger charge is 2.15. The number of ketones is 1. The zero-order valence-electron chi connectivity index (χ0n) is 10.1. The highest BCUT2D eigenvalue weighted by Crippen LogP contribution is 2.19. The molecule has 0 saturated carbocycles. The van der Waals surface area contributed by atoms with Crippen molar-refractivity contribution in [1.29, 1.82) is 0 Å². The third-order valence-corrected chi connectivity index (χ3v) is 3.63. The Morgan fingerprint density at radius 1 is 1.39 bits per heavy atom. The number of hydrogen-bond acceptors (Lipinski definition) is 3. The summed E-state index contributed by atoms with van der Waals surface area (Å²) in [7, 11) is 0. The standard InChI is InChI=1S/C13H13NO3S/c1-8-3-4-11(18-8)7-14-6-10(9(2)15)5-12(14)13(16)17/h3-6H,7H2,1-2H3,(H,16,17). The van der Waals surface area contributed by atoms with E-state index < -0.39 is 5.97 Å². The first kappa shape index (κ1) is 12.6. The number of Topliss-reactive ketones (excluding diaryl/α,β-unsaturated/α-hetero) is 1. The average Bonchev–Trinajstić information content (AvgIpc) is 2.85. The number of carbonyl (C=O) groups is 2. The number of aryl methyl sites for hydroxylation is 1. The molecule has 2 heterocycles. The van der Waals surface area contributed by atoms with E-state index in [0.29, 0.717) is 12.1 Å². The summed E-state index contributed by atoms with van der Waals surface area (Å²) in [6.07, 6.45) is 1.60. The maximum atomic E-state index is 11.3. The highest BCUT2D eigenvalue weighted by molar-refractivity contribution is 7.11. The molecule has 0 bridgehead atoms. The van der Waals surface area contributed by atoms with E-state index in [4.69, 9.17) is 5.11 Å². The first-order valence-corrected chi connectivity index (χ1v) is 6.28. The molecule has 94 valence electrons. The number of aromatic nitrogens is 1. The maximum absolute atomic E-state index is 11.3. The van der Waals surface area contributed by atoms with Crippen molar-refractivity contribution in [3.8, 4) is 0 Å². The van der Waals surface area contributed by atoms with Gasteiger partial charge in [0, 0.05) is 21.5 Å². The van der Waals surface area contributed by atoms with Crippen LogP contribution in [-0.4, -0.2) is 21.4 Å². The van der Waals surface area contributed by atoms with Gasteiger partial charge in [-0.2, -0.15) is 0 Å². The lowest BCUT2D eigenvalue weighted by molar-refractivity contribution is 0.0685. The minimum atomic E-state index is -1.02. The van der Waals surface area contributed by atoms with Gasteiger partial charge >= 0.3 is 5.97 Å². The quantitative estimate of drug-likeness (QED) is 0.863. The largest absolute Gasteiger partial charge is 0.477 e. The van der Waals surface area contributed by atoms with Crippen LogP contribution in [-0.2, 0) is 6.54 Å². The van der Waals surface area contributed by atoms with Crippen LogP contribution in [0.15, 0.2) is 24.4 Å². The van der Waals surface area contributed by atoms with Gasteiger partial charge in [0.15, 0.2) is 5.78 Å². The third kappa shape index (κ3) is 2.51. The number of rotatable bonds is 4. The number of carboxylic acid groups (broad SMARTS) is 1. The van der Waals surface area contributed by atoms with Gasteiger partial charge in [0.05, 0.1) is 6.54 Å². The summed E-state index contributed by atoms with van der Waals surface area (Å²) in [5, 5.41) is 9.12. The van der Waals surface area contributed by atoms with E-state index in [0.717, 1.165) is 4.88 Å². The summed E-state index contributed by atoms with van der Waals surface area (Å²) < 4.78 is 1.60. The van der Waals surface area contributed by atoms with Crippen LogP contribution in [0.4, 0.5) is 0 Å². The molecule has 0 aliphatic rings. The van der Waals surface area contributed by atoms with Gasteiger partial charge in [-0.3, -0.25) is 4.79 Å². The van der Waals surface area contributed by atoms with Crippen LogP contribution in [0, 0.1) is 6.92 Å². The molecule has 0 atom stereocenters. The van der Waals surface area contributed by atoms with E-state index in [1.54, 1.807) is 22.1 Å². The van der Waals surface area contributed by atoms with Crippen LogP contribution in [0.2, 0.25) is 0 Å². The van der Waals surface area contributed by atoms with Crippen LogP contribution >= 0.6 is 11.3 Å². The lowest BCUT2D eigenvalue weighted by Gasteiger charge is -2.03. The second kappa shape index (κ2) is 4.78. The fraction of sp³-hybridized carbons (Fsp3) is 0.231. The number of carbonyl (C=O) groups excluding carboxylic acids is 1. The first-order valence-electron chi connectivity index (χ1n) is 5.47. The van der Waals surface area contributed by atoms with Gasteiger partial charge < -0.3 is 9.67 Å². The fourth-order valence-corrected chi connectivity index (χ4v) is 2.64. The number of aromatic carboxylic acids is 1. The van der Waals surface area contributed by atoms with Crippen molar-refractivity contribution >= 4 is 23.1 Å². The molecule has 18 heavy (non-hydrogen) atoms. The fourth-order valence-electron chi connectivity index (χ4n) is 1.75. The minimum absolute atomic E-state index is 0.126. The van der Waals surface area contributed by atoms with Gasteiger partial charge in [-0.15, -0.1) is 11.3 Å². The SMILES string of the molecule is CC(=O)c1cc(C(=O)O)n(Cc2ccc(C)s2)c1. The predicted octanol–water partition coefficient (Wildman–Crippen LogP) is 2.81. The van der Waals surface area contributed by atoms with Crippen molar-refractivity contribution in [1.82, 2.24) is 4.57 Å². The Balaban J connectivity index is 2.36. The van der Waals surface area contributed by atoms with Crippen LogP contribution in [0.25, 0.3) is 0 Å². The summed E-state index contributed by atoms with van der Waals surface area (Å²) in [6.45, 7) is 3.91. The van der Waals surface area contributed by atoms with Gasteiger partial charge in [-0.25, -0.2) is 4.79 Å². The summed E-state index contributed by atoms with van der Waals surface area (Å²) in [6, 6.07) is 5.39.